The van der Waals surface area contributed by atoms with Crippen LogP contribution in [0.25, 0.3) is 22.8 Å². The Morgan fingerprint density at radius 1 is 0.491 bits per heavy atom. The Morgan fingerprint density at radius 2 is 0.830 bits per heavy atom. The minimum absolute atomic E-state index is 0.874. The summed E-state index contributed by atoms with van der Waals surface area (Å²) in [6.45, 7) is 61.6. The van der Waals surface area contributed by atoms with Crippen molar-refractivity contribution in [1.82, 2.24) is 0 Å². The average molecular weight is 741 g/mol. The van der Waals surface area contributed by atoms with Gasteiger partial charge in [-0.05, 0) is 67.5 Å². The van der Waals surface area contributed by atoms with Crippen LogP contribution in [0.5, 0.6) is 0 Å². The predicted molar refractivity (Wildman–Crippen MR) is 264 cm³/mol. The number of hydrogen-bond acceptors (Lipinski definition) is 0. The van der Waals surface area contributed by atoms with Gasteiger partial charge >= 0.3 is 0 Å². The molecule has 316 valence electrons. The van der Waals surface area contributed by atoms with Crippen molar-refractivity contribution in [3.05, 3.63) is 95.6 Å². The van der Waals surface area contributed by atoms with Gasteiger partial charge in [0, 0.05) is 0 Å². The van der Waals surface area contributed by atoms with Gasteiger partial charge in [0.15, 0.2) is 0 Å². The zero-order valence-corrected chi connectivity index (χ0v) is 41.6. The van der Waals surface area contributed by atoms with E-state index in [1.54, 1.807) is 0 Å². The van der Waals surface area contributed by atoms with E-state index in [4.69, 9.17) is 0 Å². The van der Waals surface area contributed by atoms with Crippen molar-refractivity contribution in [2.45, 2.75) is 224 Å². The monoisotopic (exact) mass is 741 g/mol. The molecule has 0 unspecified atom stereocenters. The van der Waals surface area contributed by atoms with Crippen LogP contribution in [0, 0.1) is 6.92 Å². The molecule has 0 saturated carbocycles. The largest absolute Gasteiger partial charge is 0.0998 e. The molecular weight excluding hydrogens is 637 g/mol. The van der Waals surface area contributed by atoms with E-state index >= 15 is 0 Å². The number of allylic oxidation sites excluding steroid dienone is 4. The molecule has 2 aromatic rings. The maximum atomic E-state index is 4.11. The zero-order valence-electron chi connectivity index (χ0n) is 41.6. The molecule has 0 atom stereocenters. The minimum Gasteiger partial charge on any atom is -0.0998 e. The highest BCUT2D eigenvalue weighted by Crippen LogP contribution is 2.27. The zero-order chi connectivity index (χ0) is 44.2. The lowest BCUT2D eigenvalue weighted by Gasteiger charge is -2.11. The third-order valence-corrected chi connectivity index (χ3v) is 6.31. The van der Waals surface area contributed by atoms with Crippen LogP contribution in [0.3, 0.4) is 0 Å². The molecule has 0 amide bonds. The summed E-state index contributed by atoms with van der Waals surface area (Å²) in [4.78, 5) is 0. The number of rotatable bonds is 11. The molecule has 0 heteroatoms. The standard InChI is InChI=1S/C25H28.C6H14.2C4H10.7C2H6/c1-17(2)14-25(19(5)6)16-23-12-13-24(15-20(23)7)22-10-8-21(9-11-22)18(3)4;1-3-5-6-4-2;2*1-3-4-2;7*1-2/h8-13,15-16H,1,3,5,14H2,2,4,6-7H3;3-6H2,1-2H3;2*3-4H2,1-2H3;7*1-2H3/b25-16+;;;;;;;;;;. The summed E-state index contributed by atoms with van der Waals surface area (Å²) in [5.41, 5.74) is 10.7. The first-order chi connectivity index (χ1) is 25.5. The molecule has 0 aliphatic heterocycles. The topological polar surface area (TPSA) is 0 Å². The van der Waals surface area contributed by atoms with Gasteiger partial charge in [-0.3, -0.25) is 0 Å². The van der Waals surface area contributed by atoms with E-state index in [-0.39, 0.29) is 0 Å². The van der Waals surface area contributed by atoms with Gasteiger partial charge in [0.25, 0.3) is 0 Å². The van der Waals surface area contributed by atoms with Crippen molar-refractivity contribution in [3.8, 4) is 11.1 Å². The van der Waals surface area contributed by atoms with Gasteiger partial charge in [0.1, 0.15) is 0 Å². The fourth-order valence-electron chi connectivity index (χ4n) is 3.30. The summed E-state index contributed by atoms with van der Waals surface area (Å²) in [6.07, 6.45) is 13.9. The molecule has 0 fully saturated rings. The van der Waals surface area contributed by atoms with Crippen LogP contribution in [-0.4, -0.2) is 0 Å². The Balaban J connectivity index is -0.0000000814. The van der Waals surface area contributed by atoms with E-state index in [1.165, 1.54) is 84.8 Å². The summed E-state index contributed by atoms with van der Waals surface area (Å²) < 4.78 is 0. The minimum atomic E-state index is 0.874. The summed E-state index contributed by atoms with van der Waals surface area (Å²) in [5.74, 6) is 0. The molecule has 0 heterocycles. The van der Waals surface area contributed by atoms with Gasteiger partial charge < -0.3 is 0 Å². The molecule has 53 heavy (non-hydrogen) atoms. The van der Waals surface area contributed by atoms with E-state index in [2.05, 4.69) is 131 Å². The van der Waals surface area contributed by atoms with Crippen molar-refractivity contribution < 1.29 is 0 Å². The Morgan fingerprint density at radius 3 is 1.08 bits per heavy atom. The third kappa shape index (κ3) is 53.8. The highest BCUT2D eigenvalue weighted by atomic mass is 14.1. The molecule has 0 saturated heterocycles. The maximum absolute atomic E-state index is 4.11. The van der Waals surface area contributed by atoms with E-state index in [9.17, 15) is 0 Å². The maximum Gasteiger partial charge on any atom is -0.00699 e. The molecule has 0 spiro atoms. The summed E-state index contributed by atoms with van der Waals surface area (Å²) in [5, 5.41) is 0. The quantitative estimate of drug-likeness (QED) is 0.122. The Bertz CT molecular complexity index is 954. The molecule has 0 N–H and O–H groups in total. The lowest BCUT2D eigenvalue weighted by atomic mass is 9.94. The SMILES string of the molecule is C=C(C)C/C(=C\c1ccc(-c2ccc(C(=C)C)cc2)cc1C)C(=C)C.CC.CC.CC.CC.CC.CC.CC.CCCC.CCCC.CCCCCC. The van der Waals surface area contributed by atoms with Gasteiger partial charge in [0.05, 0.1) is 0 Å². The summed E-state index contributed by atoms with van der Waals surface area (Å²) in [7, 11) is 0. The molecule has 0 aromatic heterocycles. The molecule has 0 nitrogen and oxygen atoms in total. The number of unbranched alkanes of at least 4 members (excludes halogenated alkanes) is 5. The summed E-state index contributed by atoms with van der Waals surface area (Å²) in [6, 6.07) is 15.2. The van der Waals surface area contributed by atoms with Crippen molar-refractivity contribution in [2.75, 3.05) is 0 Å². The van der Waals surface area contributed by atoms with Crippen LogP contribution in [0.2, 0.25) is 0 Å². The van der Waals surface area contributed by atoms with Gasteiger partial charge in [-0.25, -0.2) is 0 Å². The normalized spacial score (nSPS) is 8.26. The van der Waals surface area contributed by atoms with Crippen molar-refractivity contribution in [2.24, 2.45) is 0 Å². The van der Waals surface area contributed by atoms with Gasteiger partial charge in [-0.15, -0.1) is 0 Å². The molecule has 2 rings (SSSR count). The summed E-state index contributed by atoms with van der Waals surface area (Å²) >= 11 is 0. The third-order valence-electron chi connectivity index (χ3n) is 6.31. The first-order valence-electron chi connectivity index (χ1n) is 22.4. The fraction of sp³-hybridized carbons (Fsp3) is 0.623. The Labute approximate surface area is 341 Å². The average Bonchev–Trinajstić information content (AvgIpc) is 3.23. The lowest BCUT2D eigenvalue weighted by molar-refractivity contribution is 0.702. The Kier molecular flexibility index (Phi) is 91.4. The van der Waals surface area contributed by atoms with Crippen LogP contribution < -0.4 is 0 Å². The molecule has 0 bridgehead atoms. The van der Waals surface area contributed by atoms with Crippen LogP contribution in [0.4, 0.5) is 0 Å². The number of benzene rings is 2. The second-order valence-electron chi connectivity index (χ2n) is 10.7. The highest BCUT2D eigenvalue weighted by Gasteiger charge is 2.05. The molecule has 0 aliphatic rings. The second kappa shape index (κ2) is 67.5. The van der Waals surface area contributed by atoms with Crippen LogP contribution in [0.1, 0.15) is 234 Å². The van der Waals surface area contributed by atoms with Crippen LogP contribution >= 0.6 is 0 Å². The van der Waals surface area contributed by atoms with Crippen molar-refractivity contribution in [3.63, 3.8) is 0 Å². The number of hydrogen-bond donors (Lipinski definition) is 0. The van der Waals surface area contributed by atoms with E-state index < -0.39 is 0 Å². The van der Waals surface area contributed by atoms with E-state index in [0.29, 0.717) is 0 Å². The molecular formula is C53H104. The molecule has 2 aromatic carbocycles. The first-order valence-corrected chi connectivity index (χ1v) is 22.4. The first kappa shape index (κ1) is 71.8. The fourth-order valence-corrected chi connectivity index (χ4v) is 3.30. The molecule has 0 aliphatic carbocycles. The van der Waals surface area contributed by atoms with Crippen LogP contribution in [-0.2, 0) is 0 Å². The van der Waals surface area contributed by atoms with Gasteiger partial charge in [-0.1, -0.05) is 275 Å². The lowest BCUT2D eigenvalue weighted by Crippen LogP contribution is -1.90. The molecule has 0 radical (unpaired) electrons. The highest BCUT2D eigenvalue weighted by molar-refractivity contribution is 5.71. The second-order valence-corrected chi connectivity index (χ2v) is 10.7. The predicted octanol–water partition coefficient (Wildman–Crippen LogP) is 21.0. The van der Waals surface area contributed by atoms with Crippen molar-refractivity contribution in [1.29, 1.82) is 0 Å². The van der Waals surface area contributed by atoms with Crippen LogP contribution in [0.15, 0.2) is 78.9 Å². The van der Waals surface area contributed by atoms with Gasteiger partial charge in [0.2, 0.25) is 0 Å². The Hall–Kier alpha value is -2.60. The number of aryl methyl sites for hydroxylation is 1. The van der Waals surface area contributed by atoms with Gasteiger partial charge in [-0.2, -0.15) is 0 Å². The van der Waals surface area contributed by atoms with E-state index in [1.807, 2.05) is 104 Å². The smallest absolute Gasteiger partial charge is 0.00699 e. The van der Waals surface area contributed by atoms with E-state index in [0.717, 1.165) is 23.1 Å². The van der Waals surface area contributed by atoms with Crippen molar-refractivity contribution >= 4 is 11.6 Å².